The van der Waals surface area contributed by atoms with Crippen LogP contribution >= 0.6 is 0 Å². The van der Waals surface area contributed by atoms with Crippen LogP contribution in [0.5, 0.6) is 0 Å². The monoisotopic (exact) mass is 420 g/mol. The number of rotatable bonds is 5. The number of anilines is 1. The Hall–Kier alpha value is -2.64. The molecule has 3 heterocycles. The van der Waals surface area contributed by atoms with Crippen LogP contribution in [0.3, 0.4) is 0 Å². The summed E-state index contributed by atoms with van der Waals surface area (Å²) in [4.78, 5) is 21.8. The van der Waals surface area contributed by atoms with Gasteiger partial charge in [0.2, 0.25) is 5.91 Å². The molecule has 3 aromatic rings. The molecule has 7 nitrogen and oxygen atoms in total. The Bertz CT molecular complexity index is 1010. The van der Waals surface area contributed by atoms with Crippen molar-refractivity contribution in [3.05, 3.63) is 36.8 Å². The SMILES string of the molecule is CN1CCN(C(C(=O)Nc2cccc3c(-c4cn[nH]c4)c[nH]c23)C2CCCCC2)CC1. The quantitative estimate of drug-likeness (QED) is 0.588. The molecule has 2 aromatic heterocycles. The molecule has 1 aliphatic heterocycles. The predicted molar refractivity (Wildman–Crippen MR) is 124 cm³/mol. The summed E-state index contributed by atoms with van der Waals surface area (Å²) in [5.41, 5.74) is 3.94. The third-order valence-electron chi connectivity index (χ3n) is 7.08. The number of carbonyl (C=O) groups is 1. The lowest BCUT2D eigenvalue weighted by atomic mass is 9.82. The van der Waals surface area contributed by atoms with Gasteiger partial charge in [-0.25, -0.2) is 0 Å². The molecule has 1 amide bonds. The van der Waals surface area contributed by atoms with Crippen LogP contribution in [0.4, 0.5) is 5.69 Å². The normalized spacial score (nSPS) is 20.2. The Morgan fingerprint density at radius 3 is 2.68 bits per heavy atom. The molecule has 1 atom stereocenters. The van der Waals surface area contributed by atoms with E-state index in [1.54, 1.807) is 0 Å². The van der Waals surface area contributed by atoms with Gasteiger partial charge in [0, 0.05) is 55.1 Å². The Morgan fingerprint density at radius 1 is 1.13 bits per heavy atom. The van der Waals surface area contributed by atoms with Gasteiger partial charge in [0.1, 0.15) is 0 Å². The van der Waals surface area contributed by atoms with Crippen LogP contribution in [0.25, 0.3) is 22.0 Å². The fraction of sp³-hybridized carbons (Fsp3) is 0.500. The van der Waals surface area contributed by atoms with Crippen LogP contribution in [0.1, 0.15) is 32.1 Å². The van der Waals surface area contributed by atoms with Crippen molar-refractivity contribution in [1.29, 1.82) is 0 Å². The second kappa shape index (κ2) is 8.85. The maximum absolute atomic E-state index is 13.7. The second-order valence-electron chi connectivity index (χ2n) is 9.09. The van der Waals surface area contributed by atoms with Crippen molar-refractivity contribution in [1.82, 2.24) is 25.0 Å². The highest BCUT2D eigenvalue weighted by Gasteiger charge is 2.35. The Labute approximate surface area is 183 Å². The first-order chi connectivity index (χ1) is 15.2. The van der Waals surface area contributed by atoms with Crippen LogP contribution in [0, 0.1) is 5.92 Å². The lowest BCUT2D eigenvalue weighted by Crippen LogP contribution is -2.55. The van der Waals surface area contributed by atoms with Crippen LogP contribution < -0.4 is 5.32 Å². The zero-order chi connectivity index (χ0) is 21.2. The van der Waals surface area contributed by atoms with Gasteiger partial charge in [0.25, 0.3) is 0 Å². The van der Waals surface area contributed by atoms with Gasteiger partial charge >= 0.3 is 0 Å². The van der Waals surface area contributed by atoms with Gasteiger partial charge in [-0.15, -0.1) is 0 Å². The number of nitrogens with zero attached hydrogens (tertiary/aromatic N) is 3. The number of hydrogen-bond donors (Lipinski definition) is 3. The van der Waals surface area contributed by atoms with E-state index in [-0.39, 0.29) is 11.9 Å². The van der Waals surface area contributed by atoms with Crippen molar-refractivity contribution in [3.63, 3.8) is 0 Å². The molecule has 0 radical (unpaired) electrons. The number of benzene rings is 1. The summed E-state index contributed by atoms with van der Waals surface area (Å²) in [7, 11) is 2.16. The third-order valence-corrected chi connectivity index (χ3v) is 7.08. The molecule has 5 rings (SSSR count). The van der Waals surface area contributed by atoms with Crippen molar-refractivity contribution >= 4 is 22.5 Å². The summed E-state index contributed by atoms with van der Waals surface area (Å²) in [6.07, 6.45) is 11.8. The van der Waals surface area contributed by atoms with E-state index in [1.165, 1.54) is 19.3 Å². The molecule has 1 aliphatic carbocycles. The predicted octanol–water partition coefficient (Wildman–Crippen LogP) is 3.69. The summed E-state index contributed by atoms with van der Waals surface area (Å²) in [5.74, 6) is 0.588. The average Bonchev–Trinajstić information content (AvgIpc) is 3.46. The minimum Gasteiger partial charge on any atom is -0.359 e. The summed E-state index contributed by atoms with van der Waals surface area (Å²) in [6, 6.07) is 6.05. The number of carbonyl (C=O) groups excluding carboxylic acids is 1. The molecule has 2 aliphatic rings. The van der Waals surface area contributed by atoms with Gasteiger partial charge in [0.05, 0.1) is 23.4 Å². The maximum atomic E-state index is 13.7. The largest absolute Gasteiger partial charge is 0.359 e. The standard InChI is InChI=1S/C24H32N6O/c1-29-10-12-30(13-11-29)23(17-6-3-2-4-7-17)24(31)28-21-9-5-8-19-20(16-25-22(19)21)18-14-26-27-15-18/h5,8-9,14-17,23,25H,2-4,6-7,10-13H2,1H3,(H,26,27)(H,28,31). The number of likely N-dealkylation sites (N-methyl/N-ethyl adjacent to an activating group) is 1. The highest BCUT2D eigenvalue weighted by molar-refractivity contribution is 6.06. The second-order valence-corrected chi connectivity index (χ2v) is 9.09. The molecule has 1 saturated heterocycles. The number of amides is 1. The Balaban J connectivity index is 1.42. The number of aromatic nitrogens is 3. The van der Waals surface area contributed by atoms with Crippen molar-refractivity contribution in [2.24, 2.45) is 5.92 Å². The Morgan fingerprint density at radius 2 is 1.94 bits per heavy atom. The van der Waals surface area contributed by atoms with Gasteiger partial charge in [0.15, 0.2) is 0 Å². The Kier molecular flexibility index (Phi) is 5.78. The molecule has 7 heteroatoms. The molecular weight excluding hydrogens is 388 g/mol. The highest BCUT2D eigenvalue weighted by atomic mass is 16.2. The molecular formula is C24H32N6O. The van der Waals surface area contributed by atoms with E-state index in [9.17, 15) is 4.79 Å². The van der Waals surface area contributed by atoms with Crippen molar-refractivity contribution in [3.8, 4) is 11.1 Å². The number of H-pyrrole nitrogens is 2. The summed E-state index contributed by atoms with van der Waals surface area (Å²) >= 11 is 0. The molecule has 1 saturated carbocycles. The van der Waals surface area contributed by atoms with E-state index in [2.05, 4.69) is 43.4 Å². The first-order valence-electron chi connectivity index (χ1n) is 11.5. The highest BCUT2D eigenvalue weighted by Crippen LogP contribution is 2.34. The van der Waals surface area contributed by atoms with Gasteiger partial charge in [-0.05, 0) is 31.9 Å². The van der Waals surface area contributed by atoms with E-state index in [0.717, 1.165) is 66.7 Å². The molecule has 0 bridgehead atoms. The molecule has 3 N–H and O–H groups in total. The lowest BCUT2D eigenvalue weighted by Gasteiger charge is -2.41. The lowest BCUT2D eigenvalue weighted by molar-refractivity contribution is -0.124. The van der Waals surface area contributed by atoms with E-state index >= 15 is 0 Å². The van der Waals surface area contributed by atoms with Gasteiger partial charge in [-0.3, -0.25) is 14.8 Å². The third kappa shape index (κ3) is 4.12. The van der Waals surface area contributed by atoms with E-state index in [0.29, 0.717) is 5.92 Å². The fourth-order valence-corrected chi connectivity index (χ4v) is 5.33. The minimum atomic E-state index is -0.0486. The van der Waals surface area contributed by atoms with E-state index in [1.807, 2.05) is 30.7 Å². The minimum absolute atomic E-state index is 0.0486. The molecule has 1 aromatic carbocycles. The molecule has 164 valence electrons. The first kappa shape index (κ1) is 20.3. The molecule has 0 spiro atoms. The van der Waals surface area contributed by atoms with Gasteiger partial charge < -0.3 is 15.2 Å². The van der Waals surface area contributed by atoms with Crippen LogP contribution in [0.2, 0.25) is 0 Å². The number of aromatic amines is 2. The van der Waals surface area contributed by atoms with E-state index < -0.39 is 0 Å². The fourth-order valence-electron chi connectivity index (χ4n) is 5.33. The smallest absolute Gasteiger partial charge is 0.242 e. The van der Waals surface area contributed by atoms with Crippen molar-refractivity contribution < 1.29 is 4.79 Å². The molecule has 1 unspecified atom stereocenters. The number of nitrogens with one attached hydrogen (secondary N) is 3. The van der Waals surface area contributed by atoms with Crippen LogP contribution in [-0.4, -0.2) is 70.2 Å². The average molecular weight is 421 g/mol. The zero-order valence-electron chi connectivity index (χ0n) is 18.2. The van der Waals surface area contributed by atoms with Crippen molar-refractivity contribution in [2.75, 3.05) is 38.5 Å². The summed E-state index contributed by atoms with van der Waals surface area (Å²) < 4.78 is 0. The van der Waals surface area contributed by atoms with Crippen LogP contribution in [-0.2, 0) is 4.79 Å². The number of piperazine rings is 1. The number of fused-ring (bicyclic) bond motifs is 1. The van der Waals surface area contributed by atoms with E-state index in [4.69, 9.17) is 0 Å². The molecule has 2 fully saturated rings. The zero-order valence-corrected chi connectivity index (χ0v) is 18.2. The van der Waals surface area contributed by atoms with Crippen molar-refractivity contribution in [2.45, 2.75) is 38.1 Å². The van der Waals surface area contributed by atoms with Gasteiger partial charge in [-0.1, -0.05) is 31.4 Å². The molecule has 31 heavy (non-hydrogen) atoms. The number of hydrogen-bond acceptors (Lipinski definition) is 4. The topological polar surface area (TPSA) is 80.0 Å². The summed E-state index contributed by atoms with van der Waals surface area (Å²) in [5, 5.41) is 11.3. The van der Waals surface area contributed by atoms with Crippen LogP contribution in [0.15, 0.2) is 36.8 Å². The maximum Gasteiger partial charge on any atom is 0.242 e. The first-order valence-corrected chi connectivity index (χ1v) is 11.5. The van der Waals surface area contributed by atoms with Gasteiger partial charge in [-0.2, -0.15) is 5.10 Å². The number of para-hydroxylation sites is 1. The summed E-state index contributed by atoms with van der Waals surface area (Å²) in [6.45, 7) is 3.97.